The molecule has 2 heterocycles. The van der Waals surface area contributed by atoms with Crippen molar-refractivity contribution >= 4 is 49.8 Å². The molecule has 258 valence electrons. The highest BCUT2D eigenvalue weighted by Gasteiger charge is 2.24. The lowest BCUT2D eigenvalue weighted by atomic mass is 9.91. The van der Waals surface area contributed by atoms with E-state index in [9.17, 15) is 0 Å². The summed E-state index contributed by atoms with van der Waals surface area (Å²) in [4.78, 5) is 2.33. The van der Waals surface area contributed by atoms with E-state index in [0.717, 1.165) is 83.9 Å². The molecular weight excluding hydrogens is 671 g/mol. The van der Waals surface area contributed by atoms with Crippen molar-refractivity contribution < 1.29 is 9.15 Å². The molecule has 0 saturated carbocycles. The van der Waals surface area contributed by atoms with Gasteiger partial charge in [-0.3, -0.25) is 0 Å². The van der Waals surface area contributed by atoms with E-state index in [2.05, 4.69) is 193 Å². The molecule has 1 aromatic heterocycles. The van der Waals surface area contributed by atoms with Gasteiger partial charge in [0.15, 0.2) is 0 Å². The predicted molar refractivity (Wildman–Crippen MR) is 228 cm³/mol. The fraction of sp³-hybridized carbons (Fsp3) is 0. The monoisotopic (exact) mass is 703 g/mol. The molecule has 0 fully saturated rings. The van der Waals surface area contributed by atoms with E-state index < -0.39 is 0 Å². The second-order valence-electron chi connectivity index (χ2n) is 14.1. The first-order chi connectivity index (χ1) is 27.3. The molecule has 0 saturated heterocycles. The van der Waals surface area contributed by atoms with E-state index in [1.165, 1.54) is 21.9 Å². The van der Waals surface area contributed by atoms with Crippen molar-refractivity contribution in [2.45, 2.75) is 0 Å². The van der Waals surface area contributed by atoms with Gasteiger partial charge in [-0.2, -0.15) is 0 Å². The zero-order valence-electron chi connectivity index (χ0n) is 29.8. The summed E-state index contributed by atoms with van der Waals surface area (Å²) in [5.41, 5.74) is 14.0. The molecule has 1 aliphatic heterocycles. The number of anilines is 3. The van der Waals surface area contributed by atoms with Gasteiger partial charge >= 0.3 is 0 Å². The number of nitrogens with zero attached hydrogens (tertiary/aromatic N) is 1. The molecule has 0 amide bonds. The SMILES string of the molecule is c1ccc(-c2ccc(N(c3ccc(-c4cccc5c4oc4ccccc45)cc3)c3ccc4c(c3)-c3ccccc3-c3c(ccc5ccccc35)O4)cc2)cc1. The minimum Gasteiger partial charge on any atom is -0.456 e. The van der Waals surface area contributed by atoms with Crippen LogP contribution in [0.15, 0.2) is 205 Å². The van der Waals surface area contributed by atoms with Gasteiger partial charge in [0.05, 0.1) is 0 Å². The largest absolute Gasteiger partial charge is 0.456 e. The summed E-state index contributed by atoms with van der Waals surface area (Å²) in [6, 6.07) is 70.8. The smallest absolute Gasteiger partial charge is 0.143 e. The van der Waals surface area contributed by atoms with E-state index in [1.807, 2.05) is 12.1 Å². The number of ether oxygens (including phenoxy) is 1. The summed E-state index contributed by atoms with van der Waals surface area (Å²) in [6.45, 7) is 0. The zero-order chi connectivity index (χ0) is 36.3. The molecule has 0 unspecified atom stereocenters. The highest BCUT2D eigenvalue weighted by molar-refractivity contribution is 6.10. The standard InChI is InChI=1S/C52H33NO2/c1-2-11-34(12-3-1)35-21-26-38(27-22-35)53(39-28-23-37(24-29-39)42-18-10-19-46-44-16-8-9-20-48(44)55-52(42)46)40-30-32-49-47(33-40)43-15-6-7-17-45(43)51-41-14-5-4-13-36(41)25-31-50(51)54-49/h1-33H. The molecule has 0 spiro atoms. The number of furan rings is 1. The molecule has 55 heavy (non-hydrogen) atoms. The van der Waals surface area contributed by atoms with Crippen molar-refractivity contribution in [3.63, 3.8) is 0 Å². The topological polar surface area (TPSA) is 25.6 Å². The fourth-order valence-electron chi connectivity index (χ4n) is 8.27. The Labute approximate surface area is 318 Å². The Morgan fingerprint density at radius 1 is 0.345 bits per heavy atom. The van der Waals surface area contributed by atoms with Gasteiger partial charge in [0, 0.05) is 44.5 Å². The van der Waals surface area contributed by atoms with Crippen LogP contribution in [-0.2, 0) is 0 Å². The van der Waals surface area contributed by atoms with Crippen LogP contribution in [0.2, 0.25) is 0 Å². The normalized spacial score (nSPS) is 11.8. The first kappa shape index (κ1) is 31.2. The second kappa shape index (κ2) is 12.6. The summed E-state index contributed by atoms with van der Waals surface area (Å²) in [6.07, 6.45) is 0. The summed E-state index contributed by atoms with van der Waals surface area (Å²) in [7, 11) is 0. The first-order valence-electron chi connectivity index (χ1n) is 18.7. The average molecular weight is 704 g/mol. The van der Waals surface area contributed by atoms with Gasteiger partial charge in [0.1, 0.15) is 22.7 Å². The van der Waals surface area contributed by atoms with Gasteiger partial charge in [-0.15, -0.1) is 0 Å². The molecule has 9 aromatic carbocycles. The van der Waals surface area contributed by atoms with Crippen LogP contribution in [0.3, 0.4) is 0 Å². The third-order valence-electron chi connectivity index (χ3n) is 10.9. The molecular formula is C52H33NO2. The summed E-state index contributed by atoms with van der Waals surface area (Å²) < 4.78 is 13.2. The molecule has 3 heteroatoms. The molecule has 3 nitrogen and oxygen atoms in total. The van der Waals surface area contributed by atoms with Crippen molar-refractivity contribution in [2.24, 2.45) is 0 Å². The van der Waals surface area contributed by atoms with Crippen molar-refractivity contribution in [3.8, 4) is 56.0 Å². The Morgan fingerprint density at radius 3 is 1.76 bits per heavy atom. The van der Waals surface area contributed by atoms with Crippen molar-refractivity contribution in [1.29, 1.82) is 0 Å². The van der Waals surface area contributed by atoms with E-state index in [4.69, 9.17) is 9.15 Å². The summed E-state index contributed by atoms with van der Waals surface area (Å²) in [5.74, 6) is 1.69. The van der Waals surface area contributed by atoms with Crippen LogP contribution in [0.5, 0.6) is 11.5 Å². The minimum atomic E-state index is 0.832. The highest BCUT2D eigenvalue weighted by atomic mass is 16.5. The Balaban J connectivity index is 1.06. The predicted octanol–water partition coefficient (Wildman–Crippen LogP) is 15.0. The van der Waals surface area contributed by atoms with Crippen LogP contribution < -0.4 is 9.64 Å². The molecule has 0 N–H and O–H groups in total. The molecule has 1 aliphatic rings. The molecule has 11 rings (SSSR count). The van der Waals surface area contributed by atoms with Gasteiger partial charge in [-0.05, 0) is 93.2 Å². The van der Waals surface area contributed by atoms with Crippen LogP contribution in [0.1, 0.15) is 0 Å². The number of fused-ring (bicyclic) bond motifs is 10. The average Bonchev–Trinajstić information content (AvgIpc) is 3.57. The van der Waals surface area contributed by atoms with Crippen LogP contribution in [0.4, 0.5) is 17.1 Å². The molecule has 0 bridgehead atoms. The van der Waals surface area contributed by atoms with E-state index in [-0.39, 0.29) is 0 Å². The van der Waals surface area contributed by atoms with E-state index >= 15 is 0 Å². The van der Waals surface area contributed by atoms with E-state index in [0.29, 0.717) is 0 Å². The second-order valence-corrected chi connectivity index (χ2v) is 14.1. The van der Waals surface area contributed by atoms with Gasteiger partial charge in [0.25, 0.3) is 0 Å². The van der Waals surface area contributed by atoms with Crippen molar-refractivity contribution in [3.05, 3.63) is 200 Å². The maximum absolute atomic E-state index is 6.80. The van der Waals surface area contributed by atoms with Crippen LogP contribution in [0.25, 0.3) is 77.2 Å². The summed E-state index contributed by atoms with van der Waals surface area (Å²) >= 11 is 0. The Morgan fingerprint density at radius 2 is 0.945 bits per heavy atom. The van der Waals surface area contributed by atoms with Crippen LogP contribution in [-0.4, -0.2) is 0 Å². The van der Waals surface area contributed by atoms with Crippen molar-refractivity contribution in [1.82, 2.24) is 0 Å². The number of hydrogen-bond acceptors (Lipinski definition) is 3. The summed E-state index contributed by atoms with van der Waals surface area (Å²) in [5, 5.41) is 4.63. The minimum absolute atomic E-state index is 0.832. The van der Waals surface area contributed by atoms with Gasteiger partial charge < -0.3 is 14.1 Å². The number of rotatable bonds is 5. The Kier molecular flexibility index (Phi) is 7.17. The Bertz CT molecular complexity index is 3050. The number of benzene rings is 9. The maximum atomic E-state index is 6.80. The quantitative estimate of drug-likeness (QED) is 0.178. The van der Waals surface area contributed by atoms with Gasteiger partial charge in [0.2, 0.25) is 0 Å². The molecule has 0 atom stereocenters. The molecule has 10 aromatic rings. The zero-order valence-corrected chi connectivity index (χ0v) is 29.8. The Hall–Kier alpha value is -7.36. The maximum Gasteiger partial charge on any atom is 0.143 e. The van der Waals surface area contributed by atoms with Crippen LogP contribution >= 0.6 is 0 Å². The van der Waals surface area contributed by atoms with Crippen LogP contribution in [0, 0.1) is 0 Å². The molecule has 0 aliphatic carbocycles. The lowest BCUT2D eigenvalue weighted by Gasteiger charge is -2.27. The van der Waals surface area contributed by atoms with Gasteiger partial charge in [-0.25, -0.2) is 0 Å². The third-order valence-corrected chi connectivity index (χ3v) is 10.9. The first-order valence-corrected chi connectivity index (χ1v) is 18.7. The highest BCUT2D eigenvalue weighted by Crippen LogP contribution is 2.51. The lowest BCUT2D eigenvalue weighted by Crippen LogP contribution is -2.10. The third kappa shape index (κ3) is 5.20. The lowest BCUT2D eigenvalue weighted by molar-refractivity contribution is 0.488. The van der Waals surface area contributed by atoms with Gasteiger partial charge in [-0.1, -0.05) is 146 Å². The molecule has 0 radical (unpaired) electrons. The number of para-hydroxylation sites is 2. The number of hydrogen-bond donors (Lipinski definition) is 0. The van der Waals surface area contributed by atoms with Crippen molar-refractivity contribution in [2.75, 3.05) is 4.90 Å². The van der Waals surface area contributed by atoms with E-state index in [1.54, 1.807) is 0 Å². The fourth-order valence-corrected chi connectivity index (χ4v) is 8.27.